The zero-order chi connectivity index (χ0) is 10.6. The third kappa shape index (κ3) is 2.69. The number of hydrogen-bond acceptors (Lipinski definition) is 2. The van der Waals surface area contributed by atoms with Gasteiger partial charge in [0.05, 0.1) is 9.95 Å². The molecule has 0 saturated heterocycles. The van der Waals surface area contributed by atoms with Gasteiger partial charge in [0.2, 0.25) is 0 Å². The highest BCUT2D eigenvalue weighted by molar-refractivity contribution is 9.09. The summed E-state index contributed by atoms with van der Waals surface area (Å²) in [6.45, 7) is 0. The first-order valence-electron chi connectivity index (χ1n) is 4.14. The third-order valence-corrected chi connectivity index (χ3v) is 2.77. The van der Waals surface area contributed by atoms with Crippen LogP contribution in [0.2, 0.25) is 5.02 Å². The topological polar surface area (TPSA) is 43.1 Å². The van der Waals surface area contributed by atoms with E-state index in [0.717, 1.165) is 11.8 Å². The maximum Gasteiger partial charge on any atom is 0.274 e. The molecule has 1 rings (SSSR count). The maximum atomic E-state index is 10.7. The molecule has 0 radical (unpaired) electrons. The summed E-state index contributed by atoms with van der Waals surface area (Å²) in [6, 6.07) is 4.76. The standard InChI is InChI=1S/C9H9BrClNO2/c10-6-2-3-7-8(11)4-1-5-9(7)12(13)14/h1,4-5H,2-3,6H2. The van der Waals surface area contributed by atoms with Crippen molar-refractivity contribution in [3.05, 3.63) is 38.9 Å². The molecule has 0 bridgehead atoms. The molecule has 0 fully saturated rings. The molecule has 0 N–H and O–H groups in total. The van der Waals surface area contributed by atoms with Crippen LogP contribution in [-0.4, -0.2) is 10.3 Å². The second kappa shape index (κ2) is 5.32. The third-order valence-electron chi connectivity index (χ3n) is 1.85. The van der Waals surface area contributed by atoms with Crippen LogP contribution in [-0.2, 0) is 6.42 Å². The Labute approximate surface area is 95.4 Å². The van der Waals surface area contributed by atoms with Crippen molar-refractivity contribution >= 4 is 33.2 Å². The van der Waals surface area contributed by atoms with Gasteiger partial charge in [0.15, 0.2) is 0 Å². The number of benzene rings is 1. The van der Waals surface area contributed by atoms with E-state index in [1.54, 1.807) is 12.1 Å². The summed E-state index contributed by atoms with van der Waals surface area (Å²) < 4.78 is 0. The molecular formula is C9H9BrClNO2. The Kier molecular flexibility index (Phi) is 4.35. The van der Waals surface area contributed by atoms with Crippen LogP contribution in [0.15, 0.2) is 18.2 Å². The summed E-state index contributed by atoms with van der Waals surface area (Å²) in [6.07, 6.45) is 1.46. The summed E-state index contributed by atoms with van der Waals surface area (Å²) in [5.74, 6) is 0. The van der Waals surface area contributed by atoms with Gasteiger partial charge in [-0.2, -0.15) is 0 Å². The van der Waals surface area contributed by atoms with Crippen LogP contribution in [0, 0.1) is 10.1 Å². The normalized spacial score (nSPS) is 10.1. The van der Waals surface area contributed by atoms with E-state index in [1.807, 2.05) is 0 Å². The van der Waals surface area contributed by atoms with Crippen molar-refractivity contribution in [3.8, 4) is 0 Å². The fourth-order valence-electron chi connectivity index (χ4n) is 1.21. The Morgan fingerprint density at radius 2 is 2.21 bits per heavy atom. The molecule has 0 atom stereocenters. The molecule has 0 spiro atoms. The number of hydrogen-bond donors (Lipinski definition) is 0. The molecule has 0 aromatic heterocycles. The van der Waals surface area contributed by atoms with Gasteiger partial charge in [0, 0.05) is 17.0 Å². The van der Waals surface area contributed by atoms with Crippen molar-refractivity contribution in [3.63, 3.8) is 0 Å². The van der Waals surface area contributed by atoms with Gasteiger partial charge in [-0.05, 0) is 18.9 Å². The molecule has 1 aromatic carbocycles. The second-order valence-corrected chi connectivity index (χ2v) is 3.99. The predicted octanol–water partition coefficient (Wildman–Crippen LogP) is 3.58. The molecule has 76 valence electrons. The van der Waals surface area contributed by atoms with E-state index in [1.165, 1.54) is 6.07 Å². The summed E-state index contributed by atoms with van der Waals surface area (Å²) in [5, 5.41) is 12.0. The second-order valence-electron chi connectivity index (χ2n) is 2.79. The van der Waals surface area contributed by atoms with Crippen molar-refractivity contribution < 1.29 is 4.92 Å². The van der Waals surface area contributed by atoms with E-state index in [-0.39, 0.29) is 5.69 Å². The molecule has 1 aromatic rings. The Balaban J connectivity index is 3.02. The van der Waals surface area contributed by atoms with Crippen LogP contribution >= 0.6 is 27.5 Å². The van der Waals surface area contributed by atoms with Crippen LogP contribution in [0.4, 0.5) is 5.69 Å². The van der Waals surface area contributed by atoms with Gasteiger partial charge in [0.1, 0.15) is 0 Å². The van der Waals surface area contributed by atoms with Gasteiger partial charge < -0.3 is 0 Å². The smallest absolute Gasteiger partial charge is 0.258 e. The van der Waals surface area contributed by atoms with Crippen molar-refractivity contribution in [2.75, 3.05) is 5.33 Å². The zero-order valence-electron chi connectivity index (χ0n) is 7.37. The maximum absolute atomic E-state index is 10.7. The minimum atomic E-state index is -0.393. The van der Waals surface area contributed by atoms with Crippen LogP contribution in [0.5, 0.6) is 0 Å². The average molecular weight is 279 g/mol. The van der Waals surface area contributed by atoms with Crippen LogP contribution in [0.3, 0.4) is 0 Å². The highest BCUT2D eigenvalue weighted by atomic mass is 79.9. The molecule has 0 aliphatic heterocycles. The SMILES string of the molecule is O=[N+]([O-])c1cccc(Cl)c1CCCBr. The first kappa shape index (κ1) is 11.5. The van der Waals surface area contributed by atoms with E-state index in [0.29, 0.717) is 17.0 Å². The molecular weight excluding hydrogens is 269 g/mol. The van der Waals surface area contributed by atoms with Crippen molar-refractivity contribution in [2.24, 2.45) is 0 Å². The summed E-state index contributed by atoms with van der Waals surface area (Å²) >= 11 is 9.17. The molecule has 0 unspecified atom stereocenters. The molecule has 5 heteroatoms. The van der Waals surface area contributed by atoms with E-state index < -0.39 is 4.92 Å². The minimum absolute atomic E-state index is 0.110. The van der Waals surface area contributed by atoms with Crippen LogP contribution in [0.1, 0.15) is 12.0 Å². The van der Waals surface area contributed by atoms with Gasteiger partial charge >= 0.3 is 0 Å². The van der Waals surface area contributed by atoms with Crippen molar-refractivity contribution in [2.45, 2.75) is 12.8 Å². The monoisotopic (exact) mass is 277 g/mol. The number of nitro groups is 1. The Hall–Kier alpha value is -0.610. The van der Waals surface area contributed by atoms with Crippen molar-refractivity contribution in [1.82, 2.24) is 0 Å². The molecule has 3 nitrogen and oxygen atoms in total. The highest BCUT2D eigenvalue weighted by Gasteiger charge is 2.15. The van der Waals surface area contributed by atoms with E-state index in [4.69, 9.17) is 11.6 Å². The van der Waals surface area contributed by atoms with Gasteiger partial charge in [-0.1, -0.05) is 33.6 Å². The Bertz CT molecular complexity index is 344. The predicted molar refractivity (Wildman–Crippen MR) is 60.2 cm³/mol. The number of rotatable bonds is 4. The highest BCUT2D eigenvalue weighted by Crippen LogP contribution is 2.27. The zero-order valence-corrected chi connectivity index (χ0v) is 9.71. The lowest BCUT2D eigenvalue weighted by molar-refractivity contribution is -0.385. The summed E-state index contributed by atoms with van der Waals surface area (Å²) in [4.78, 5) is 10.3. The van der Waals surface area contributed by atoms with Crippen LogP contribution in [0.25, 0.3) is 0 Å². The molecule has 0 amide bonds. The fraction of sp³-hybridized carbons (Fsp3) is 0.333. The number of nitro benzene ring substituents is 1. The largest absolute Gasteiger partial charge is 0.274 e. The quantitative estimate of drug-likeness (QED) is 0.480. The van der Waals surface area contributed by atoms with E-state index >= 15 is 0 Å². The number of halogens is 2. The van der Waals surface area contributed by atoms with E-state index in [9.17, 15) is 10.1 Å². The molecule has 0 heterocycles. The lowest BCUT2D eigenvalue weighted by Crippen LogP contribution is -1.96. The number of nitrogens with zero attached hydrogens (tertiary/aromatic N) is 1. The van der Waals surface area contributed by atoms with Gasteiger partial charge in [-0.25, -0.2) is 0 Å². The van der Waals surface area contributed by atoms with Gasteiger partial charge in [0.25, 0.3) is 5.69 Å². The lowest BCUT2D eigenvalue weighted by atomic mass is 10.1. The number of alkyl halides is 1. The molecule has 0 aliphatic carbocycles. The summed E-state index contributed by atoms with van der Waals surface area (Å²) in [5.41, 5.74) is 0.733. The van der Waals surface area contributed by atoms with Gasteiger partial charge in [-0.15, -0.1) is 0 Å². The Morgan fingerprint density at radius 3 is 2.79 bits per heavy atom. The average Bonchev–Trinajstić information content (AvgIpc) is 2.15. The first-order chi connectivity index (χ1) is 6.66. The minimum Gasteiger partial charge on any atom is -0.258 e. The van der Waals surface area contributed by atoms with Crippen molar-refractivity contribution in [1.29, 1.82) is 0 Å². The van der Waals surface area contributed by atoms with Crippen LogP contribution < -0.4 is 0 Å². The first-order valence-corrected chi connectivity index (χ1v) is 5.64. The molecule has 14 heavy (non-hydrogen) atoms. The molecule has 0 saturated carbocycles. The lowest BCUT2D eigenvalue weighted by Gasteiger charge is -2.03. The van der Waals surface area contributed by atoms with E-state index in [2.05, 4.69) is 15.9 Å². The molecule has 0 aliphatic rings. The fourth-order valence-corrected chi connectivity index (χ4v) is 1.75. The Morgan fingerprint density at radius 1 is 1.50 bits per heavy atom. The van der Waals surface area contributed by atoms with Gasteiger partial charge in [-0.3, -0.25) is 10.1 Å². The summed E-state index contributed by atoms with van der Waals surface area (Å²) in [7, 11) is 0.